The van der Waals surface area contributed by atoms with Gasteiger partial charge in [0, 0.05) is 24.2 Å². The number of carbonyl (C=O) groups is 1. The fourth-order valence-corrected chi connectivity index (χ4v) is 2.80. The van der Waals surface area contributed by atoms with Crippen molar-refractivity contribution in [3.63, 3.8) is 0 Å². The lowest BCUT2D eigenvalue weighted by Gasteiger charge is -2.19. The van der Waals surface area contributed by atoms with Gasteiger partial charge in [0.15, 0.2) is 5.82 Å². The Morgan fingerprint density at radius 2 is 2.08 bits per heavy atom. The zero-order chi connectivity index (χ0) is 17.1. The van der Waals surface area contributed by atoms with Crippen molar-refractivity contribution in [2.24, 2.45) is 0 Å². The second-order valence-electron chi connectivity index (χ2n) is 5.33. The number of hydrogen-bond acceptors (Lipinski definition) is 6. The number of aromatic nitrogens is 2. The van der Waals surface area contributed by atoms with Crippen LogP contribution in [0.3, 0.4) is 0 Å². The summed E-state index contributed by atoms with van der Waals surface area (Å²) < 4.78 is 0. The van der Waals surface area contributed by atoms with Crippen molar-refractivity contribution >= 4 is 34.7 Å². The van der Waals surface area contributed by atoms with Gasteiger partial charge in [-0.1, -0.05) is 11.6 Å². The summed E-state index contributed by atoms with van der Waals surface area (Å²) in [4.78, 5) is 33.2. The molecule has 1 saturated heterocycles. The van der Waals surface area contributed by atoms with E-state index in [0.29, 0.717) is 11.5 Å². The normalized spacial score (nSPS) is 13.8. The third kappa shape index (κ3) is 3.28. The number of carbonyl (C=O) groups excluding carboxylic acids is 1. The molecular weight excluding hydrogens is 334 g/mol. The number of nitrogens with one attached hydrogen (secondary N) is 1. The Balaban J connectivity index is 1.91. The molecule has 9 heteroatoms. The molecule has 2 heterocycles. The highest BCUT2D eigenvalue weighted by Crippen LogP contribution is 2.28. The highest BCUT2D eigenvalue weighted by atomic mass is 35.5. The molecule has 0 unspecified atom stereocenters. The molecule has 0 spiro atoms. The first-order valence-electron chi connectivity index (χ1n) is 7.36. The molecule has 0 saturated carbocycles. The first kappa shape index (κ1) is 16.1. The number of rotatable bonds is 4. The first-order chi connectivity index (χ1) is 11.6. The minimum absolute atomic E-state index is 0.108. The molecule has 1 fully saturated rings. The van der Waals surface area contributed by atoms with Crippen molar-refractivity contribution in [3.8, 4) is 0 Å². The monoisotopic (exact) mass is 347 g/mol. The Morgan fingerprint density at radius 1 is 1.33 bits per heavy atom. The number of hydrogen-bond donors (Lipinski definition) is 1. The Morgan fingerprint density at radius 3 is 2.79 bits per heavy atom. The molecule has 3 rings (SSSR count). The predicted molar refractivity (Wildman–Crippen MR) is 89.5 cm³/mol. The maximum absolute atomic E-state index is 12.5. The van der Waals surface area contributed by atoms with Crippen LogP contribution in [0, 0.1) is 10.1 Å². The zero-order valence-electron chi connectivity index (χ0n) is 12.6. The van der Waals surface area contributed by atoms with Crippen LogP contribution in [-0.4, -0.2) is 33.9 Å². The second-order valence-corrected chi connectivity index (χ2v) is 5.76. The lowest BCUT2D eigenvalue weighted by Crippen LogP contribution is -2.23. The first-order valence-corrected chi connectivity index (χ1v) is 7.74. The van der Waals surface area contributed by atoms with Crippen molar-refractivity contribution in [2.45, 2.75) is 12.8 Å². The summed E-state index contributed by atoms with van der Waals surface area (Å²) in [6, 6.07) is 3.85. The van der Waals surface area contributed by atoms with Crippen LogP contribution in [0.15, 0.2) is 30.7 Å². The average Bonchev–Trinajstić information content (AvgIpc) is 3.09. The molecule has 0 radical (unpaired) electrons. The van der Waals surface area contributed by atoms with Crippen LogP contribution in [0.2, 0.25) is 5.02 Å². The van der Waals surface area contributed by atoms with Crippen LogP contribution in [0.25, 0.3) is 0 Å². The fraction of sp³-hybridized carbons (Fsp3) is 0.267. The smallest absolute Gasteiger partial charge is 0.282 e. The van der Waals surface area contributed by atoms with E-state index in [-0.39, 0.29) is 16.3 Å². The molecule has 0 aliphatic carbocycles. The van der Waals surface area contributed by atoms with E-state index in [9.17, 15) is 14.9 Å². The van der Waals surface area contributed by atoms with Gasteiger partial charge in [0.1, 0.15) is 17.6 Å². The van der Waals surface area contributed by atoms with Crippen LogP contribution in [-0.2, 0) is 0 Å². The maximum Gasteiger partial charge on any atom is 0.282 e. The predicted octanol–water partition coefficient (Wildman–Crippen LogP) is 2.89. The number of anilines is 2. The minimum Gasteiger partial charge on any atom is -0.355 e. The topological polar surface area (TPSA) is 101 Å². The van der Waals surface area contributed by atoms with E-state index in [4.69, 9.17) is 11.6 Å². The second kappa shape index (κ2) is 6.79. The lowest BCUT2D eigenvalue weighted by molar-refractivity contribution is -0.385. The van der Waals surface area contributed by atoms with Gasteiger partial charge in [-0.2, -0.15) is 0 Å². The van der Waals surface area contributed by atoms with Crippen LogP contribution in [0.4, 0.5) is 17.2 Å². The summed E-state index contributed by atoms with van der Waals surface area (Å²) >= 11 is 5.87. The molecular formula is C15H14ClN5O3. The lowest BCUT2D eigenvalue weighted by atomic mass is 10.1. The molecule has 1 aliphatic rings. The molecule has 8 nitrogen and oxygen atoms in total. The third-order valence-electron chi connectivity index (χ3n) is 3.74. The van der Waals surface area contributed by atoms with Gasteiger partial charge in [-0.3, -0.25) is 14.9 Å². The van der Waals surface area contributed by atoms with Gasteiger partial charge in [-0.05, 0) is 25.0 Å². The maximum atomic E-state index is 12.5. The van der Waals surface area contributed by atoms with E-state index in [2.05, 4.69) is 15.3 Å². The van der Waals surface area contributed by atoms with E-state index in [1.807, 2.05) is 4.90 Å². The van der Waals surface area contributed by atoms with Crippen LogP contribution >= 0.6 is 11.6 Å². The van der Waals surface area contributed by atoms with Gasteiger partial charge < -0.3 is 10.2 Å². The van der Waals surface area contributed by atoms with Gasteiger partial charge >= 0.3 is 0 Å². The molecule has 1 N–H and O–H groups in total. The highest BCUT2D eigenvalue weighted by molar-refractivity contribution is 6.31. The standard InChI is InChI=1S/C15H14ClN5O3/c16-10-3-4-13(21(23)24)11(7-10)15(22)19-12-8-17-9-18-14(12)20-5-1-2-6-20/h3-4,7-9H,1-2,5-6H2,(H,19,22). The summed E-state index contributed by atoms with van der Waals surface area (Å²) in [7, 11) is 0. The summed E-state index contributed by atoms with van der Waals surface area (Å²) in [5.41, 5.74) is -0.00105. The Labute approximate surface area is 142 Å². The largest absolute Gasteiger partial charge is 0.355 e. The van der Waals surface area contributed by atoms with Gasteiger partial charge in [0.05, 0.1) is 11.1 Å². The number of nitrogens with zero attached hydrogens (tertiary/aromatic N) is 4. The number of amides is 1. The van der Waals surface area contributed by atoms with E-state index in [1.165, 1.54) is 30.7 Å². The van der Waals surface area contributed by atoms with E-state index < -0.39 is 10.8 Å². The molecule has 1 aromatic heterocycles. The summed E-state index contributed by atoms with van der Waals surface area (Å²) in [5.74, 6) is -0.0139. The average molecular weight is 348 g/mol. The SMILES string of the molecule is O=C(Nc1cncnc1N1CCCC1)c1cc(Cl)ccc1[N+](=O)[O-]. The molecule has 1 aliphatic heterocycles. The van der Waals surface area contributed by atoms with Crippen molar-refractivity contribution < 1.29 is 9.72 Å². The van der Waals surface area contributed by atoms with Gasteiger partial charge in [0.25, 0.3) is 11.6 Å². The van der Waals surface area contributed by atoms with Crippen molar-refractivity contribution in [3.05, 3.63) is 51.4 Å². The minimum atomic E-state index is -0.626. The fourth-order valence-electron chi connectivity index (χ4n) is 2.63. The number of nitro groups is 1. The quantitative estimate of drug-likeness (QED) is 0.674. The summed E-state index contributed by atoms with van der Waals surface area (Å²) in [5, 5.41) is 14.0. The van der Waals surface area contributed by atoms with Crippen LogP contribution in [0.5, 0.6) is 0 Å². The van der Waals surface area contributed by atoms with Gasteiger partial charge in [0.2, 0.25) is 0 Å². The summed E-state index contributed by atoms with van der Waals surface area (Å²) in [6.45, 7) is 1.69. The van der Waals surface area contributed by atoms with Gasteiger partial charge in [-0.15, -0.1) is 0 Å². The van der Waals surface area contributed by atoms with E-state index in [0.717, 1.165) is 25.9 Å². The Hall–Kier alpha value is -2.74. The number of nitro benzene ring substituents is 1. The number of benzene rings is 1. The Bertz CT molecular complexity index is 792. The van der Waals surface area contributed by atoms with Crippen molar-refractivity contribution in [2.75, 3.05) is 23.3 Å². The molecule has 1 amide bonds. The molecule has 24 heavy (non-hydrogen) atoms. The van der Waals surface area contributed by atoms with E-state index >= 15 is 0 Å². The molecule has 0 bridgehead atoms. The molecule has 124 valence electrons. The van der Waals surface area contributed by atoms with Crippen molar-refractivity contribution in [1.29, 1.82) is 0 Å². The van der Waals surface area contributed by atoms with Gasteiger partial charge in [-0.25, -0.2) is 9.97 Å². The number of halogens is 1. The highest BCUT2D eigenvalue weighted by Gasteiger charge is 2.23. The summed E-state index contributed by atoms with van der Waals surface area (Å²) in [6.07, 6.45) is 4.99. The molecule has 1 aromatic carbocycles. The van der Waals surface area contributed by atoms with Crippen molar-refractivity contribution in [1.82, 2.24) is 9.97 Å². The zero-order valence-corrected chi connectivity index (χ0v) is 13.4. The molecule has 0 atom stereocenters. The van der Waals surface area contributed by atoms with Crippen LogP contribution < -0.4 is 10.2 Å². The van der Waals surface area contributed by atoms with Crippen LogP contribution in [0.1, 0.15) is 23.2 Å². The van der Waals surface area contributed by atoms with E-state index in [1.54, 1.807) is 0 Å². The molecule has 2 aromatic rings. The Kier molecular flexibility index (Phi) is 4.57. The third-order valence-corrected chi connectivity index (χ3v) is 3.98.